The number of nitrogens with zero attached hydrogens (tertiary/aromatic N) is 3. The quantitative estimate of drug-likeness (QED) is 0.708. The number of alkyl halides is 3. The number of hydrogen-bond donors (Lipinski definition) is 3. The lowest BCUT2D eigenvalue weighted by molar-refractivity contribution is -0.267. The molecule has 2 aliphatic heterocycles. The average molecular weight is 421 g/mol. The van der Waals surface area contributed by atoms with E-state index in [-0.39, 0.29) is 23.0 Å². The van der Waals surface area contributed by atoms with Crippen molar-refractivity contribution >= 4 is 17.5 Å². The zero-order valence-corrected chi connectivity index (χ0v) is 16.2. The molecule has 1 saturated heterocycles. The molecule has 1 aliphatic carbocycles. The maximum absolute atomic E-state index is 13.7. The summed E-state index contributed by atoms with van der Waals surface area (Å²) >= 11 is 0. The van der Waals surface area contributed by atoms with Gasteiger partial charge < -0.3 is 15.3 Å². The second-order valence-electron chi connectivity index (χ2n) is 8.43. The first-order valence-electron chi connectivity index (χ1n) is 10.1. The minimum atomic E-state index is -4.98. The first kappa shape index (κ1) is 19.3. The molecule has 0 spiro atoms. The molecule has 3 N–H and O–H groups in total. The number of amides is 1. The molecule has 1 atom stereocenters. The van der Waals surface area contributed by atoms with E-state index in [0.29, 0.717) is 31.8 Å². The second-order valence-corrected chi connectivity index (χ2v) is 8.43. The van der Waals surface area contributed by atoms with Gasteiger partial charge in [0.15, 0.2) is 11.4 Å². The maximum atomic E-state index is 13.7. The fourth-order valence-electron chi connectivity index (χ4n) is 4.54. The molecule has 2 aromatic rings. The first-order chi connectivity index (χ1) is 14.3. The second kappa shape index (κ2) is 6.69. The van der Waals surface area contributed by atoms with E-state index in [1.165, 1.54) is 18.4 Å². The summed E-state index contributed by atoms with van der Waals surface area (Å²) in [6, 6.07) is 4.10. The number of nitrogens with one attached hydrogen (secondary N) is 2. The molecule has 30 heavy (non-hydrogen) atoms. The third-order valence-corrected chi connectivity index (χ3v) is 6.40. The smallest absolute Gasteiger partial charge is 0.376 e. The van der Waals surface area contributed by atoms with E-state index in [0.717, 1.165) is 5.82 Å². The standard InChI is InChI=1S/C20H22F3N5O2/c21-20(22,23)19(30)9-15(29)25-18-16(19)17(26-27-18)12-5-7-28(8-6-12)14-4-3-13(10-24-14)11-1-2-11/h3-4,10-12,30H,1-2,5-9H2,(H2,25,26,27,29). The molecule has 10 heteroatoms. The summed E-state index contributed by atoms with van der Waals surface area (Å²) < 4.78 is 41.1. The largest absolute Gasteiger partial charge is 0.422 e. The zero-order valence-electron chi connectivity index (χ0n) is 16.2. The van der Waals surface area contributed by atoms with Crippen LogP contribution in [0.5, 0.6) is 0 Å². The van der Waals surface area contributed by atoms with E-state index >= 15 is 0 Å². The van der Waals surface area contributed by atoms with Crippen molar-refractivity contribution in [2.45, 2.75) is 55.7 Å². The molecule has 0 bridgehead atoms. The van der Waals surface area contributed by atoms with Crippen LogP contribution in [0.3, 0.4) is 0 Å². The Morgan fingerprint density at radius 1 is 1.13 bits per heavy atom. The third-order valence-electron chi connectivity index (χ3n) is 6.40. The van der Waals surface area contributed by atoms with E-state index in [1.54, 1.807) is 0 Å². The third kappa shape index (κ3) is 3.13. The van der Waals surface area contributed by atoms with Gasteiger partial charge in [0.2, 0.25) is 5.91 Å². The van der Waals surface area contributed by atoms with Crippen LogP contribution in [0.2, 0.25) is 0 Å². The Hall–Kier alpha value is -2.62. The van der Waals surface area contributed by atoms with Crippen LogP contribution in [-0.4, -0.2) is 45.5 Å². The highest BCUT2D eigenvalue weighted by Gasteiger charge is 2.61. The van der Waals surface area contributed by atoms with Crippen molar-refractivity contribution in [2.75, 3.05) is 23.3 Å². The Bertz CT molecular complexity index is 962. The van der Waals surface area contributed by atoms with Crippen molar-refractivity contribution in [1.29, 1.82) is 0 Å². The molecule has 3 aliphatic rings. The molecule has 1 unspecified atom stereocenters. The lowest BCUT2D eigenvalue weighted by Gasteiger charge is -2.37. The monoisotopic (exact) mass is 421 g/mol. The summed E-state index contributed by atoms with van der Waals surface area (Å²) in [6.07, 6.45) is -0.531. The SMILES string of the molecule is O=C1CC(O)(C(F)(F)F)c2c(n[nH]c2C2CCN(c3ccc(C4CC4)cn3)CC2)N1. The predicted octanol–water partition coefficient (Wildman–Crippen LogP) is 3.16. The van der Waals surface area contributed by atoms with Crippen LogP contribution in [0.15, 0.2) is 18.3 Å². The minimum absolute atomic E-state index is 0.230. The molecule has 2 aromatic heterocycles. The lowest BCUT2D eigenvalue weighted by atomic mass is 9.81. The van der Waals surface area contributed by atoms with Gasteiger partial charge >= 0.3 is 6.18 Å². The number of halogens is 3. The van der Waals surface area contributed by atoms with Crippen LogP contribution in [0.25, 0.3) is 0 Å². The van der Waals surface area contributed by atoms with Gasteiger partial charge in [-0.25, -0.2) is 4.98 Å². The Morgan fingerprint density at radius 3 is 2.47 bits per heavy atom. The summed E-state index contributed by atoms with van der Waals surface area (Å²) in [6.45, 7) is 1.26. The van der Waals surface area contributed by atoms with Crippen molar-refractivity contribution in [3.05, 3.63) is 35.2 Å². The number of piperidine rings is 1. The molecule has 7 nitrogen and oxygen atoms in total. The lowest BCUT2D eigenvalue weighted by Crippen LogP contribution is -2.48. The molecular formula is C20H22F3N5O2. The number of carbonyl (C=O) groups is 1. The van der Waals surface area contributed by atoms with Crippen LogP contribution < -0.4 is 10.2 Å². The maximum Gasteiger partial charge on any atom is 0.422 e. The summed E-state index contributed by atoms with van der Waals surface area (Å²) in [5, 5.41) is 19.3. The van der Waals surface area contributed by atoms with Crippen molar-refractivity contribution < 1.29 is 23.1 Å². The van der Waals surface area contributed by atoms with Gasteiger partial charge in [-0.3, -0.25) is 9.89 Å². The van der Waals surface area contributed by atoms with E-state index in [4.69, 9.17) is 0 Å². The summed E-state index contributed by atoms with van der Waals surface area (Å²) in [7, 11) is 0. The van der Waals surface area contributed by atoms with Gasteiger partial charge in [-0.15, -0.1) is 0 Å². The molecule has 4 heterocycles. The molecule has 0 aromatic carbocycles. The van der Waals surface area contributed by atoms with Gasteiger partial charge in [0.25, 0.3) is 0 Å². The first-order valence-corrected chi connectivity index (χ1v) is 10.1. The normalized spacial score (nSPS) is 25.2. The summed E-state index contributed by atoms with van der Waals surface area (Å²) in [5.41, 5.74) is -2.07. The van der Waals surface area contributed by atoms with E-state index < -0.39 is 24.1 Å². The number of H-pyrrole nitrogens is 1. The van der Waals surface area contributed by atoms with Gasteiger partial charge in [-0.2, -0.15) is 18.3 Å². The molecule has 160 valence electrons. The predicted molar refractivity (Wildman–Crippen MR) is 102 cm³/mol. The number of pyridine rings is 1. The highest BCUT2D eigenvalue weighted by atomic mass is 19.4. The molecule has 0 radical (unpaired) electrons. The van der Waals surface area contributed by atoms with Gasteiger partial charge in [0, 0.05) is 30.9 Å². The molecular weight excluding hydrogens is 399 g/mol. The Morgan fingerprint density at radius 2 is 1.87 bits per heavy atom. The fraction of sp³-hybridized carbons (Fsp3) is 0.550. The molecule has 5 rings (SSSR count). The van der Waals surface area contributed by atoms with Gasteiger partial charge in [-0.05, 0) is 43.2 Å². The molecule has 1 saturated carbocycles. The van der Waals surface area contributed by atoms with Gasteiger partial charge in [0.05, 0.1) is 12.0 Å². The number of carbonyl (C=O) groups excluding carboxylic acids is 1. The Balaban J connectivity index is 1.35. The number of fused-ring (bicyclic) bond motifs is 1. The van der Waals surface area contributed by atoms with E-state index in [2.05, 4.69) is 31.5 Å². The summed E-state index contributed by atoms with van der Waals surface area (Å²) in [5.74, 6) is 0.129. The van der Waals surface area contributed by atoms with Crippen molar-refractivity contribution in [1.82, 2.24) is 15.2 Å². The van der Waals surface area contributed by atoms with Crippen LogP contribution in [0, 0.1) is 0 Å². The fourth-order valence-corrected chi connectivity index (χ4v) is 4.54. The highest BCUT2D eigenvalue weighted by Crippen LogP contribution is 2.50. The Labute approximate surface area is 170 Å². The van der Waals surface area contributed by atoms with E-state index in [1.807, 2.05) is 12.3 Å². The number of aromatic nitrogens is 3. The van der Waals surface area contributed by atoms with Gasteiger partial charge in [-0.1, -0.05) is 6.07 Å². The van der Waals surface area contributed by atoms with Crippen LogP contribution in [0.4, 0.5) is 24.8 Å². The molecule has 1 amide bonds. The average Bonchev–Trinajstić information content (AvgIpc) is 3.47. The number of anilines is 2. The topological polar surface area (TPSA) is 94.1 Å². The van der Waals surface area contributed by atoms with Crippen LogP contribution in [-0.2, 0) is 10.4 Å². The molecule has 2 fully saturated rings. The van der Waals surface area contributed by atoms with Crippen LogP contribution >= 0.6 is 0 Å². The zero-order chi connectivity index (χ0) is 21.1. The van der Waals surface area contributed by atoms with Crippen molar-refractivity contribution in [3.8, 4) is 0 Å². The van der Waals surface area contributed by atoms with Crippen LogP contribution in [0.1, 0.15) is 60.8 Å². The van der Waals surface area contributed by atoms with Crippen molar-refractivity contribution in [3.63, 3.8) is 0 Å². The number of hydrogen-bond acceptors (Lipinski definition) is 5. The van der Waals surface area contributed by atoms with Crippen molar-refractivity contribution in [2.24, 2.45) is 0 Å². The highest BCUT2D eigenvalue weighted by molar-refractivity contribution is 5.94. The van der Waals surface area contributed by atoms with E-state index in [9.17, 15) is 23.1 Å². The van der Waals surface area contributed by atoms with Gasteiger partial charge in [0.1, 0.15) is 5.82 Å². The number of rotatable bonds is 3. The Kier molecular flexibility index (Phi) is 4.32. The minimum Gasteiger partial charge on any atom is -0.376 e. The number of aliphatic hydroxyl groups is 1. The number of aromatic amines is 1. The summed E-state index contributed by atoms with van der Waals surface area (Å²) in [4.78, 5) is 18.4.